The Balaban J connectivity index is 1.82. The summed E-state index contributed by atoms with van der Waals surface area (Å²) in [6.07, 6.45) is 6.42. The third-order valence-electron chi connectivity index (χ3n) is 3.40. The lowest BCUT2D eigenvalue weighted by molar-refractivity contribution is -0.116. The van der Waals surface area contributed by atoms with E-state index in [-0.39, 0.29) is 11.5 Å². The fraction of sp³-hybridized carbons (Fsp3) is 0.538. The number of thiophene rings is 1. The highest BCUT2D eigenvalue weighted by molar-refractivity contribution is 7.14. The lowest BCUT2D eigenvalue weighted by atomic mass is 10.0. The predicted octanol–water partition coefficient (Wildman–Crippen LogP) is 3.36. The molecule has 2 rings (SSSR count). The first-order valence-electron chi connectivity index (χ1n) is 6.27. The van der Waals surface area contributed by atoms with E-state index in [1.54, 1.807) is 5.38 Å². The Bertz CT molecular complexity index is 435. The summed E-state index contributed by atoms with van der Waals surface area (Å²) in [5.74, 6) is -0.396. The minimum Gasteiger partial charge on any atom is -0.478 e. The minimum absolute atomic E-state index is 0.0770. The molecule has 98 valence electrons. The zero-order valence-electron chi connectivity index (χ0n) is 10.1. The molecule has 5 heteroatoms. The average Bonchev–Trinajstić information content (AvgIpc) is 2.96. The van der Waals surface area contributed by atoms with E-state index in [4.69, 9.17) is 5.11 Å². The maximum atomic E-state index is 11.7. The van der Waals surface area contributed by atoms with Crippen LogP contribution in [0.15, 0.2) is 11.4 Å². The van der Waals surface area contributed by atoms with Crippen molar-refractivity contribution >= 4 is 28.2 Å². The van der Waals surface area contributed by atoms with Gasteiger partial charge in [0.2, 0.25) is 5.91 Å². The van der Waals surface area contributed by atoms with E-state index in [1.165, 1.54) is 43.1 Å². The van der Waals surface area contributed by atoms with E-state index in [1.807, 2.05) is 0 Å². The van der Waals surface area contributed by atoms with Crippen molar-refractivity contribution in [2.24, 2.45) is 5.92 Å². The Morgan fingerprint density at radius 1 is 1.39 bits per heavy atom. The molecule has 0 radical (unpaired) electrons. The van der Waals surface area contributed by atoms with Gasteiger partial charge in [-0.15, -0.1) is 11.3 Å². The fourth-order valence-electron chi connectivity index (χ4n) is 2.40. The molecular formula is C13H17NO3S. The highest BCUT2D eigenvalue weighted by atomic mass is 32.1. The van der Waals surface area contributed by atoms with Crippen molar-refractivity contribution in [1.82, 2.24) is 0 Å². The molecule has 0 aliphatic heterocycles. The predicted molar refractivity (Wildman–Crippen MR) is 71.1 cm³/mol. The van der Waals surface area contributed by atoms with Gasteiger partial charge in [-0.3, -0.25) is 4.79 Å². The van der Waals surface area contributed by atoms with Crippen molar-refractivity contribution in [3.63, 3.8) is 0 Å². The number of carbonyl (C=O) groups is 2. The second kappa shape index (κ2) is 6.00. The highest BCUT2D eigenvalue weighted by Crippen LogP contribution is 2.29. The van der Waals surface area contributed by atoms with Crippen LogP contribution in [0.2, 0.25) is 0 Å². The summed E-state index contributed by atoms with van der Waals surface area (Å²) < 4.78 is 0. The van der Waals surface area contributed by atoms with Crippen molar-refractivity contribution in [2.75, 3.05) is 5.32 Å². The highest BCUT2D eigenvalue weighted by Gasteiger charge is 2.17. The molecule has 18 heavy (non-hydrogen) atoms. The molecule has 0 saturated heterocycles. The second-order valence-corrected chi connectivity index (χ2v) is 5.62. The van der Waals surface area contributed by atoms with Crippen LogP contribution in [0.25, 0.3) is 0 Å². The third kappa shape index (κ3) is 3.32. The Hall–Kier alpha value is -1.36. The Morgan fingerprint density at radius 2 is 2.11 bits per heavy atom. The van der Waals surface area contributed by atoms with Gasteiger partial charge in [0.25, 0.3) is 0 Å². The van der Waals surface area contributed by atoms with E-state index in [0.717, 1.165) is 6.42 Å². The zero-order chi connectivity index (χ0) is 13.0. The van der Waals surface area contributed by atoms with Crippen LogP contribution in [-0.2, 0) is 4.79 Å². The topological polar surface area (TPSA) is 66.4 Å². The van der Waals surface area contributed by atoms with Crippen molar-refractivity contribution in [2.45, 2.75) is 38.5 Å². The van der Waals surface area contributed by atoms with Crippen LogP contribution in [0.3, 0.4) is 0 Å². The number of carbonyl (C=O) groups excluding carboxylic acids is 1. The van der Waals surface area contributed by atoms with Crippen molar-refractivity contribution in [3.8, 4) is 0 Å². The monoisotopic (exact) mass is 267 g/mol. The molecule has 1 amide bonds. The molecule has 0 atom stereocenters. The number of rotatable bonds is 5. The summed E-state index contributed by atoms with van der Waals surface area (Å²) in [6, 6.07) is 1.51. The summed E-state index contributed by atoms with van der Waals surface area (Å²) in [7, 11) is 0. The molecule has 1 aliphatic rings. The number of carboxylic acids is 1. The van der Waals surface area contributed by atoms with Gasteiger partial charge in [0, 0.05) is 6.42 Å². The Kier molecular flexibility index (Phi) is 4.36. The normalized spacial score (nSPS) is 15.8. The lowest BCUT2D eigenvalue weighted by Crippen LogP contribution is -2.13. The number of anilines is 1. The molecular weight excluding hydrogens is 250 g/mol. The average molecular weight is 267 g/mol. The van der Waals surface area contributed by atoms with Crippen LogP contribution < -0.4 is 5.32 Å². The maximum absolute atomic E-state index is 11.7. The van der Waals surface area contributed by atoms with E-state index in [2.05, 4.69) is 5.32 Å². The first-order valence-corrected chi connectivity index (χ1v) is 7.15. The summed E-state index contributed by atoms with van der Waals surface area (Å²) >= 11 is 1.25. The summed E-state index contributed by atoms with van der Waals surface area (Å²) in [5, 5.41) is 13.7. The van der Waals surface area contributed by atoms with Crippen LogP contribution in [0.1, 0.15) is 48.9 Å². The van der Waals surface area contributed by atoms with Crippen LogP contribution in [0, 0.1) is 5.92 Å². The standard InChI is InChI=1S/C13H17NO3S/c15-11(6-5-9-3-1-2-4-9)14-12-10(13(16)17)7-8-18-12/h7-9H,1-6H2,(H,14,15)(H,16,17). The molecule has 1 saturated carbocycles. The van der Waals surface area contributed by atoms with Crippen LogP contribution in [0.5, 0.6) is 0 Å². The number of carboxylic acid groups (broad SMARTS) is 1. The molecule has 0 aromatic carbocycles. The molecule has 1 aliphatic carbocycles. The third-order valence-corrected chi connectivity index (χ3v) is 4.23. The van der Waals surface area contributed by atoms with Crippen molar-refractivity contribution in [3.05, 3.63) is 17.0 Å². The Labute approximate surface area is 110 Å². The van der Waals surface area contributed by atoms with Gasteiger partial charge in [-0.2, -0.15) is 0 Å². The summed E-state index contributed by atoms with van der Waals surface area (Å²) in [4.78, 5) is 22.6. The largest absolute Gasteiger partial charge is 0.478 e. The van der Waals surface area contributed by atoms with Gasteiger partial charge < -0.3 is 10.4 Å². The van der Waals surface area contributed by atoms with E-state index in [0.29, 0.717) is 17.3 Å². The number of hydrogen-bond acceptors (Lipinski definition) is 3. The fourth-order valence-corrected chi connectivity index (χ4v) is 3.19. The second-order valence-electron chi connectivity index (χ2n) is 4.71. The van der Waals surface area contributed by atoms with Crippen LogP contribution >= 0.6 is 11.3 Å². The van der Waals surface area contributed by atoms with Crippen molar-refractivity contribution in [1.29, 1.82) is 0 Å². The Morgan fingerprint density at radius 3 is 2.78 bits per heavy atom. The van der Waals surface area contributed by atoms with Gasteiger partial charge >= 0.3 is 5.97 Å². The van der Waals surface area contributed by atoms with Crippen LogP contribution in [0.4, 0.5) is 5.00 Å². The zero-order valence-corrected chi connectivity index (χ0v) is 11.0. The molecule has 1 fully saturated rings. The molecule has 4 nitrogen and oxygen atoms in total. The van der Waals surface area contributed by atoms with Gasteiger partial charge in [0.05, 0.1) is 5.56 Å². The number of aromatic carboxylic acids is 1. The first-order chi connectivity index (χ1) is 8.66. The SMILES string of the molecule is O=C(CCC1CCCC1)Nc1sccc1C(=O)O. The summed E-state index contributed by atoms with van der Waals surface area (Å²) in [5.41, 5.74) is 0.175. The van der Waals surface area contributed by atoms with E-state index >= 15 is 0 Å². The molecule has 1 aromatic heterocycles. The minimum atomic E-state index is -0.998. The molecule has 0 unspecified atom stereocenters. The molecule has 0 bridgehead atoms. The molecule has 2 N–H and O–H groups in total. The van der Waals surface area contributed by atoms with Crippen molar-refractivity contribution < 1.29 is 14.7 Å². The maximum Gasteiger partial charge on any atom is 0.338 e. The molecule has 1 aromatic rings. The van der Waals surface area contributed by atoms with E-state index in [9.17, 15) is 9.59 Å². The van der Waals surface area contributed by atoms with Gasteiger partial charge in [-0.25, -0.2) is 4.79 Å². The molecule has 0 spiro atoms. The van der Waals surface area contributed by atoms with Gasteiger partial charge in [0.15, 0.2) is 0 Å². The van der Waals surface area contributed by atoms with Gasteiger partial charge in [0.1, 0.15) is 5.00 Å². The van der Waals surface area contributed by atoms with E-state index < -0.39 is 5.97 Å². The smallest absolute Gasteiger partial charge is 0.338 e. The molecule has 1 heterocycles. The number of hydrogen-bond donors (Lipinski definition) is 2. The number of amides is 1. The quantitative estimate of drug-likeness (QED) is 0.859. The lowest BCUT2D eigenvalue weighted by Gasteiger charge is -2.08. The van der Waals surface area contributed by atoms with Crippen LogP contribution in [-0.4, -0.2) is 17.0 Å². The summed E-state index contributed by atoms with van der Waals surface area (Å²) in [6.45, 7) is 0. The van der Waals surface area contributed by atoms with Gasteiger partial charge in [-0.05, 0) is 23.8 Å². The van der Waals surface area contributed by atoms with Gasteiger partial charge in [-0.1, -0.05) is 25.7 Å². The first kappa shape index (κ1) is 13.1. The number of nitrogens with one attached hydrogen (secondary N) is 1.